The molecule has 2 saturated heterocycles. The zero-order valence-corrected chi connectivity index (χ0v) is 24.4. The van der Waals surface area contributed by atoms with Crippen molar-refractivity contribution in [2.75, 3.05) is 23.8 Å². The van der Waals surface area contributed by atoms with Gasteiger partial charge >= 0.3 is 0 Å². The highest BCUT2D eigenvalue weighted by Gasteiger charge is 2.43. The summed E-state index contributed by atoms with van der Waals surface area (Å²) in [5.74, 6) is -0.845. The van der Waals surface area contributed by atoms with E-state index in [0.717, 1.165) is 36.9 Å². The van der Waals surface area contributed by atoms with E-state index in [1.807, 2.05) is 37.4 Å². The van der Waals surface area contributed by atoms with Gasteiger partial charge < -0.3 is 20.4 Å². The van der Waals surface area contributed by atoms with Gasteiger partial charge in [-0.05, 0) is 99.3 Å². The van der Waals surface area contributed by atoms with E-state index in [2.05, 4.69) is 20.5 Å². The second-order valence-corrected chi connectivity index (χ2v) is 11.9. The molecule has 0 radical (unpaired) electrons. The molecule has 2 atom stereocenters. The highest BCUT2D eigenvalue weighted by atomic mass is 35.5. The Bertz CT molecular complexity index is 1670. The molecule has 2 unspecified atom stereocenters. The van der Waals surface area contributed by atoms with Crippen LogP contribution in [0.15, 0.2) is 66.9 Å². The molecule has 1 aromatic heterocycles. The minimum Gasteiger partial charge on any atom is -0.336 e. The number of benzene rings is 3. The maximum absolute atomic E-state index is 14.9. The molecule has 4 heterocycles. The quantitative estimate of drug-likeness (QED) is 0.261. The molecule has 0 saturated carbocycles. The third-order valence-corrected chi connectivity index (χ3v) is 9.18. The van der Waals surface area contributed by atoms with Gasteiger partial charge in [0, 0.05) is 52.7 Å². The van der Waals surface area contributed by atoms with Crippen LogP contribution in [0.2, 0.25) is 5.02 Å². The number of halogens is 3. The Hall–Kier alpha value is -4.08. The minimum absolute atomic E-state index is 0.0843. The SMILES string of the molecule is CNC1CC2CCC(C1)N2C(=O)c1ccc(Nc2ncc3c(n2)-c2ccc(Cl)cc2N(c2c(F)cccc2F)CC3)cc1. The number of carbonyl (C=O) groups excluding carboxylic acids is 1. The Morgan fingerprint density at radius 3 is 2.42 bits per heavy atom. The number of hydrogen-bond donors (Lipinski definition) is 2. The smallest absolute Gasteiger partial charge is 0.254 e. The number of hydrogen-bond acceptors (Lipinski definition) is 6. The number of piperidine rings is 1. The van der Waals surface area contributed by atoms with Crippen LogP contribution < -0.4 is 15.5 Å². The zero-order valence-electron chi connectivity index (χ0n) is 23.7. The summed E-state index contributed by atoms with van der Waals surface area (Å²) in [4.78, 5) is 26.5. The van der Waals surface area contributed by atoms with Crippen LogP contribution in [-0.4, -0.2) is 52.5 Å². The fraction of sp³-hybridized carbons (Fsp3) is 0.303. The number of nitrogens with zero attached hydrogens (tertiary/aromatic N) is 4. The van der Waals surface area contributed by atoms with Gasteiger partial charge in [0.1, 0.15) is 17.3 Å². The first-order valence-electron chi connectivity index (χ1n) is 14.6. The average Bonchev–Trinajstić information content (AvgIpc) is 3.18. The Labute approximate surface area is 253 Å². The number of aromatic nitrogens is 2. The monoisotopic (exact) mass is 600 g/mol. The molecule has 4 aromatic rings. The fourth-order valence-corrected chi connectivity index (χ4v) is 7.03. The Morgan fingerprint density at radius 2 is 1.72 bits per heavy atom. The number of nitrogens with one attached hydrogen (secondary N) is 2. The summed E-state index contributed by atoms with van der Waals surface area (Å²) >= 11 is 6.36. The predicted molar refractivity (Wildman–Crippen MR) is 164 cm³/mol. The number of anilines is 4. The van der Waals surface area contributed by atoms with Crippen molar-refractivity contribution in [1.82, 2.24) is 20.2 Å². The summed E-state index contributed by atoms with van der Waals surface area (Å²) in [7, 11) is 2.00. The molecule has 1 amide bonds. The Kier molecular flexibility index (Phi) is 7.23. The summed E-state index contributed by atoms with van der Waals surface area (Å²) in [6.45, 7) is 0.318. The summed E-state index contributed by atoms with van der Waals surface area (Å²) in [6, 6.07) is 17.6. The van der Waals surface area contributed by atoms with Gasteiger partial charge in [-0.25, -0.2) is 18.7 Å². The lowest BCUT2D eigenvalue weighted by Crippen LogP contribution is -2.50. The van der Waals surface area contributed by atoms with E-state index in [1.165, 1.54) is 18.2 Å². The van der Waals surface area contributed by atoms with Crippen molar-refractivity contribution in [3.8, 4) is 11.3 Å². The minimum atomic E-state index is -0.651. The van der Waals surface area contributed by atoms with Crippen LogP contribution in [0.25, 0.3) is 11.3 Å². The average molecular weight is 601 g/mol. The van der Waals surface area contributed by atoms with Gasteiger partial charge in [-0.3, -0.25) is 4.79 Å². The van der Waals surface area contributed by atoms with Crippen LogP contribution in [0.3, 0.4) is 0 Å². The van der Waals surface area contributed by atoms with Crippen LogP contribution in [0.1, 0.15) is 41.6 Å². The predicted octanol–water partition coefficient (Wildman–Crippen LogP) is 6.87. The topological polar surface area (TPSA) is 73.4 Å². The van der Waals surface area contributed by atoms with E-state index in [4.69, 9.17) is 16.6 Å². The van der Waals surface area contributed by atoms with Crippen LogP contribution in [-0.2, 0) is 6.42 Å². The number of para-hydroxylation sites is 1. The number of rotatable bonds is 5. The summed E-state index contributed by atoms with van der Waals surface area (Å²) in [5.41, 5.74) is 4.06. The lowest BCUT2D eigenvalue weighted by Gasteiger charge is -2.39. The first-order chi connectivity index (χ1) is 20.9. The van der Waals surface area contributed by atoms with Gasteiger partial charge in [0.25, 0.3) is 5.91 Å². The molecule has 7 rings (SSSR count). The van der Waals surface area contributed by atoms with Crippen molar-refractivity contribution in [3.05, 3.63) is 94.6 Å². The van der Waals surface area contributed by atoms with Crippen molar-refractivity contribution in [2.24, 2.45) is 0 Å². The van der Waals surface area contributed by atoms with Gasteiger partial charge in [0.2, 0.25) is 5.95 Å². The number of fused-ring (bicyclic) bond motifs is 5. The molecule has 7 nitrogen and oxygen atoms in total. The first-order valence-corrected chi connectivity index (χ1v) is 15.0. The molecule has 10 heteroatoms. The summed E-state index contributed by atoms with van der Waals surface area (Å²) in [6.07, 6.45) is 6.33. The van der Waals surface area contributed by atoms with E-state index < -0.39 is 11.6 Å². The fourth-order valence-electron chi connectivity index (χ4n) is 6.86. The number of carbonyl (C=O) groups is 1. The van der Waals surface area contributed by atoms with Crippen molar-refractivity contribution >= 4 is 40.5 Å². The lowest BCUT2D eigenvalue weighted by atomic mass is 9.96. The lowest BCUT2D eigenvalue weighted by molar-refractivity contribution is 0.0560. The van der Waals surface area contributed by atoms with Crippen LogP contribution >= 0.6 is 11.6 Å². The van der Waals surface area contributed by atoms with Crippen molar-refractivity contribution < 1.29 is 13.6 Å². The maximum Gasteiger partial charge on any atom is 0.254 e. The Balaban J connectivity index is 1.15. The zero-order chi connectivity index (χ0) is 29.7. The van der Waals surface area contributed by atoms with Gasteiger partial charge in [0.05, 0.1) is 11.4 Å². The van der Waals surface area contributed by atoms with E-state index in [1.54, 1.807) is 23.2 Å². The van der Waals surface area contributed by atoms with Crippen LogP contribution in [0, 0.1) is 11.6 Å². The molecule has 0 spiro atoms. The van der Waals surface area contributed by atoms with Crippen molar-refractivity contribution in [3.63, 3.8) is 0 Å². The van der Waals surface area contributed by atoms with Crippen molar-refractivity contribution in [2.45, 2.75) is 50.2 Å². The molecule has 43 heavy (non-hydrogen) atoms. The summed E-state index contributed by atoms with van der Waals surface area (Å²) in [5, 5.41) is 7.08. The van der Waals surface area contributed by atoms with E-state index in [-0.39, 0.29) is 23.7 Å². The van der Waals surface area contributed by atoms with Crippen molar-refractivity contribution in [1.29, 1.82) is 0 Å². The van der Waals surface area contributed by atoms with Gasteiger partial charge in [0.15, 0.2) is 0 Å². The van der Waals surface area contributed by atoms with E-state index >= 15 is 0 Å². The highest BCUT2D eigenvalue weighted by Crippen LogP contribution is 2.42. The van der Waals surface area contributed by atoms with Gasteiger partial charge in [-0.2, -0.15) is 0 Å². The molecule has 2 fully saturated rings. The Morgan fingerprint density at radius 1 is 1.00 bits per heavy atom. The molecule has 0 aliphatic carbocycles. The van der Waals surface area contributed by atoms with Crippen LogP contribution in [0.4, 0.5) is 31.8 Å². The second kappa shape index (κ2) is 11.2. The largest absolute Gasteiger partial charge is 0.336 e. The third kappa shape index (κ3) is 5.10. The molecule has 3 aliphatic heterocycles. The van der Waals surface area contributed by atoms with Gasteiger partial charge in [-0.15, -0.1) is 0 Å². The molecule has 220 valence electrons. The molecule has 3 aromatic carbocycles. The summed E-state index contributed by atoms with van der Waals surface area (Å²) < 4.78 is 29.7. The standard InChI is InChI=1S/C33H31ClF2N6O/c1-37-23-16-24-10-11-25(17-23)42(24)32(43)19-5-8-22(9-6-19)39-33-38-18-20-13-14-41(31-27(35)3-2-4-28(31)36)29-15-21(34)7-12-26(29)30(20)40-33/h2-9,12,15,18,23-25,37H,10-11,13-14,16-17H2,1H3,(H,38,39,40). The second-order valence-electron chi connectivity index (χ2n) is 11.5. The molecule has 3 aliphatic rings. The third-order valence-electron chi connectivity index (χ3n) is 8.95. The normalized spacial score (nSPS) is 20.8. The molecular weight excluding hydrogens is 570 g/mol. The van der Waals surface area contributed by atoms with Crippen LogP contribution in [0.5, 0.6) is 0 Å². The molecule has 2 N–H and O–H groups in total. The molecule has 2 bridgehead atoms. The highest BCUT2D eigenvalue weighted by molar-refractivity contribution is 6.31. The number of amides is 1. The molecular formula is C33H31ClF2N6O. The van der Waals surface area contributed by atoms with E-state index in [9.17, 15) is 13.6 Å². The maximum atomic E-state index is 14.9. The van der Waals surface area contributed by atoms with E-state index in [0.29, 0.717) is 52.5 Å². The first kappa shape index (κ1) is 27.7. The van der Waals surface area contributed by atoms with Gasteiger partial charge in [-0.1, -0.05) is 17.7 Å².